The minimum absolute atomic E-state index is 0.131. The molecular weight excluding hydrogens is 227 g/mol. The fourth-order valence-corrected chi connectivity index (χ4v) is 2.68. The zero-order valence-corrected chi connectivity index (χ0v) is 10.7. The quantitative estimate of drug-likeness (QED) is 0.887. The van der Waals surface area contributed by atoms with Crippen LogP contribution in [0.2, 0.25) is 0 Å². The smallest absolute Gasteiger partial charge is 0.145 e. The molecule has 1 aliphatic carbocycles. The van der Waals surface area contributed by atoms with Crippen molar-refractivity contribution in [2.75, 3.05) is 0 Å². The van der Waals surface area contributed by atoms with E-state index in [1.54, 1.807) is 12.1 Å². The predicted octanol–water partition coefficient (Wildman–Crippen LogP) is 3.37. The van der Waals surface area contributed by atoms with Crippen LogP contribution < -0.4 is 5.32 Å². The monoisotopic (exact) mass is 246 g/mol. The Morgan fingerprint density at radius 3 is 3.00 bits per heavy atom. The summed E-state index contributed by atoms with van der Waals surface area (Å²) in [6.45, 7) is 2.78. The average Bonchev–Trinajstić information content (AvgIpc) is 2.38. The third kappa shape index (κ3) is 3.08. The number of hydrogen-bond acceptors (Lipinski definition) is 2. The Morgan fingerprint density at radius 2 is 2.28 bits per heavy atom. The first kappa shape index (κ1) is 13.0. The standard InChI is InChI=1S/C15H19FN2/c1-11-4-2-7-14(8-11)18-10-13-6-3-5-12(9-17)15(13)16/h3,5-6,11,14,18H,2,4,7-8,10H2,1H3. The zero-order valence-electron chi connectivity index (χ0n) is 10.7. The normalized spacial score (nSPS) is 23.6. The van der Waals surface area contributed by atoms with Crippen molar-refractivity contribution in [3.05, 3.63) is 35.1 Å². The van der Waals surface area contributed by atoms with Crippen LogP contribution >= 0.6 is 0 Å². The fraction of sp³-hybridized carbons (Fsp3) is 0.533. The SMILES string of the molecule is CC1CCCC(NCc2cccc(C#N)c2F)C1. The number of rotatable bonds is 3. The highest BCUT2D eigenvalue weighted by Crippen LogP contribution is 2.24. The van der Waals surface area contributed by atoms with Gasteiger partial charge in [0.25, 0.3) is 0 Å². The van der Waals surface area contributed by atoms with Gasteiger partial charge in [0.15, 0.2) is 0 Å². The van der Waals surface area contributed by atoms with E-state index in [2.05, 4.69) is 12.2 Å². The molecule has 2 atom stereocenters. The van der Waals surface area contributed by atoms with Crippen molar-refractivity contribution in [3.63, 3.8) is 0 Å². The van der Waals surface area contributed by atoms with Crippen molar-refractivity contribution in [1.29, 1.82) is 5.26 Å². The summed E-state index contributed by atoms with van der Waals surface area (Å²) in [7, 11) is 0. The van der Waals surface area contributed by atoms with Gasteiger partial charge in [0.1, 0.15) is 11.9 Å². The zero-order chi connectivity index (χ0) is 13.0. The first-order valence-corrected chi connectivity index (χ1v) is 6.61. The molecule has 1 aliphatic rings. The van der Waals surface area contributed by atoms with Gasteiger partial charge in [-0.1, -0.05) is 31.9 Å². The van der Waals surface area contributed by atoms with Crippen LogP contribution in [0.5, 0.6) is 0 Å². The molecule has 96 valence electrons. The van der Waals surface area contributed by atoms with Gasteiger partial charge in [-0.25, -0.2) is 4.39 Å². The maximum absolute atomic E-state index is 13.8. The molecule has 18 heavy (non-hydrogen) atoms. The van der Waals surface area contributed by atoms with Crippen molar-refractivity contribution in [3.8, 4) is 6.07 Å². The molecule has 1 aromatic carbocycles. The molecule has 0 saturated heterocycles. The molecule has 1 saturated carbocycles. The van der Waals surface area contributed by atoms with E-state index in [-0.39, 0.29) is 11.4 Å². The third-order valence-electron chi connectivity index (χ3n) is 3.72. The van der Waals surface area contributed by atoms with E-state index in [9.17, 15) is 4.39 Å². The third-order valence-corrected chi connectivity index (χ3v) is 3.72. The van der Waals surface area contributed by atoms with Gasteiger partial charge in [-0.05, 0) is 24.8 Å². The molecule has 3 heteroatoms. The lowest BCUT2D eigenvalue weighted by Crippen LogP contribution is -2.33. The number of halogens is 1. The molecular formula is C15H19FN2. The Hall–Kier alpha value is -1.40. The molecule has 2 rings (SSSR count). The molecule has 0 aromatic heterocycles. The van der Waals surface area contributed by atoms with Gasteiger partial charge in [-0.2, -0.15) is 5.26 Å². The number of nitrogens with zero attached hydrogens (tertiary/aromatic N) is 1. The highest BCUT2D eigenvalue weighted by atomic mass is 19.1. The molecule has 1 N–H and O–H groups in total. The Morgan fingerprint density at radius 1 is 1.44 bits per heavy atom. The first-order valence-electron chi connectivity index (χ1n) is 6.61. The highest BCUT2D eigenvalue weighted by molar-refractivity contribution is 5.34. The van der Waals surface area contributed by atoms with Gasteiger partial charge in [-0.3, -0.25) is 0 Å². The summed E-state index contributed by atoms with van der Waals surface area (Å²) < 4.78 is 13.8. The highest BCUT2D eigenvalue weighted by Gasteiger charge is 2.18. The second kappa shape index (κ2) is 5.97. The van der Waals surface area contributed by atoms with Crippen LogP contribution in [0.4, 0.5) is 4.39 Å². The van der Waals surface area contributed by atoms with E-state index in [0.717, 1.165) is 5.92 Å². The Balaban J connectivity index is 1.96. The molecule has 1 fully saturated rings. The second-order valence-electron chi connectivity index (χ2n) is 5.24. The van der Waals surface area contributed by atoms with Gasteiger partial charge >= 0.3 is 0 Å². The van der Waals surface area contributed by atoms with E-state index >= 15 is 0 Å². The van der Waals surface area contributed by atoms with Gasteiger partial charge in [0.05, 0.1) is 5.56 Å². The van der Waals surface area contributed by atoms with Crippen LogP contribution in [0.25, 0.3) is 0 Å². The van der Waals surface area contributed by atoms with Crippen molar-refractivity contribution >= 4 is 0 Å². The molecule has 1 aromatic rings. The summed E-state index contributed by atoms with van der Waals surface area (Å²) in [5.41, 5.74) is 0.721. The predicted molar refractivity (Wildman–Crippen MR) is 69.4 cm³/mol. The van der Waals surface area contributed by atoms with E-state index in [1.807, 2.05) is 6.07 Å². The van der Waals surface area contributed by atoms with Gasteiger partial charge < -0.3 is 5.32 Å². The lowest BCUT2D eigenvalue weighted by atomic mass is 9.87. The van der Waals surface area contributed by atoms with Crippen LogP contribution in [-0.4, -0.2) is 6.04 Å². The van der Waals surface area contributed by atoms with E-state index in [0.29, 0.717) is 18.2 Å². The minimum Gasteiger partial charge on any atom is -0.310 e. The van der Waals surface area contributed by atoms with E-state index < -0.39 is 0 Å². The lowest BCUT2D eigenvalue weighted by Gasteiger charge is -2.27. The van der Waals surface area contributed by atoms with Crippen LogP contribution in [0.3, 0.4) is 0 Å². The van der Waals surface area contributed by atoms with Crippen molar-refractivity contribution < 1.29 is 4.39 Å². The van der Waals surface area contributed by atoms with Crippen molar-refractivity contribution in [1.82, 2.24) is 5.32 Å². The topological polar surface area (TPSA) is 35.8 Å². The van der Waals surface area contributed by atoms with Crippen molar-refractivity contribution in [2.24, 2.45) is 5.92 Å². The lowest BCUT2D eigenvalue weighted by molar-refractivity contribution is 0.299. The average molecular weight is 246 g/mol. The fourth-order valence-electron chi connectivity index (χ4n) is 2.68. The number of nitriles is 1. The number of nitrogens with one attached hydrogen (secondary N) is 1. The molecule has 0 heterocycles. The molecule has 0 radical (unpaired) electrons. The molecule has 0 aliphatic heterocycles. The number of hydrogen-bond donors (Lipinski definition) is 1. The van der Waals surface area contributed by atoms with Crippen LogP contribution in [0, 0.1) is 23.1 Å². The summed E-state index contributed by atoms with van der Waals surface area (Å²) in [6.07, 6.45) is 4.89. The second-order valence-corrected chi connectivity index (χ2v) is 5.24. The summed E-state index contributed by atoms with van der Waals surface area (Å²) in [6, 6.07) is 7.36. The first-order chi connectivity index (χ1) is 8.70. The van der Waals surface area contributed by atoms with Gasteiger partial charge in [-0.15, -0.1) is 0 Å². The molecule has 2 unspecified atom stereocenters. The van der Waals surface area contributed by atoms with Crippen LogP contribution in [0.15, 0.2) is 18.2 Å². The van der Waals surface area contributed by atoms with Crippen molar-refractivity contribution in [2.45, 2.75) is 45.2 Å². The van der Waals surface area contributed by atoms with E-state index in [1.165, 1.54) is 31.7 Å². The van der Waals surface area contributed by atoms with Gasteiger partial charge in [0.2, 0.25) is 0 Å². The Labute approximate surface area is 108 Å². The maximum atomic E-state index is 13.8. The number of benzene rings is 1. The molecule has 2 nitrogen and oxygen atoms in total. The summed E-state index contributed by atoms with van der Waals surface area (Å²) in [5, 5.41) is 12.2. The van der Waals surface area contributed by atoms with Crippen LogP contribution in [-0.2, 0) is 6.54 Å². The summed E-state index contributed by atoms with van der Waals surface area (Å²) in [4.78, 5) is 0. The van der Waals surface area contributed by atoms with E-state index in [4.69, 9.17) is 5.26 Å². The maximum Gasteiger partial charge on any atom is 0.145 e. The Bertz CT molecular complexity index is 450. The molecule has 0 bridgehead atoms. The largest absolute Gasteiger partial charge is 0.310 e. The summed E-state index contributed by atoms with van der Waals surface area (Å²) in [5.74, 6) is 0.378. The van der Waals surface area contributed by atoms with Gasteiger partial charge in [0, 0.05) is 18.2 Å². The minimum atomic E-state index is -0.378. The van der Waals surface area contributed by atoms with Crippen LogP contribution in [0.1, 0.15) is 43.7 Å². The molecule has 0 spiro atoms. The summed E-state index contributed by atoms with van der Waals surface area (Å²) >= 11 is 0. The molecule has 0 amide bonds. The Kier molecular flexibility index (Phi) is 4.33.